The van der Waals surface area contributed by atoms with Crippen LogP contribution < -0.4 is 0 Å². The number of hydrogen-bond acceptors (Lipinski definition) is 2. The fourth-order valence-electron chi connectivity index (χ4n) is 1.90. The molecule has 0 heterocycles. The van der Waals surface area contributed by atoms with E-state index in [2.05, 4.69) is 20.3 Å². The van der Waals surface area contributed by atoms with Gasteiger partial charge in [0.25, 0.3) is 5.92 Å². The summed E-state index contributed by atoms with van der Waals surface area (Å²) >= 11 is 1.36. The van der Waals surface area contributed by atoms with E-state index in [-0.39, 0.29) is 10.0 Å². The number of benzene rings is 1. The van der Waals surface area contributed by atoms with Crippen molar-refractivity contribution in [2.75, 3.05) is 0 Å². The van der Waals surface area contributed by atoms with E-state index in [0.717, 1.165) is 12.3 Å². The Morgan fingerprint density at radius 2 is 1.95 bits per heavy atom. The van der Waals surface area contributed by atoms with Gasteiger partial charge in [-0.3, -0.25) is 0 Å². The van der Waals surface area contributed by atoms with Crippen molar-refractivity contribution in [3.63, 3.8) is 0 Å². The lowest BCUT2D eigenvalue weighted by atomic mass is 9.96. The van der Waals surface area contributed by atoms with Crippen molar-refractivity contribution in [2.45, 2.75) is 43.3 Å². The summed E-state index contributed by atoms with van der Waals surface area (Å²) < 4.78 is 56.4. The van der Waals surface area contributed by atoms with Crippen LogP contribution in [0.2, 0.25) is 0 Å². The number of alkyl halides is 2. The average molecular weight is 382 g/mol. The van der Waals surface area contributed by atoms with Gasteiger partial charge < -0.3 is 4.55 Å². The molecular formula is C14H15BrF3NOS. The largest absolute Gasteiger partial charge is 0.591 e. The third kappa shape index (κ3) is 3.14. The second kappa shape index (κ2) is 5.28. The Kier molecular flexibility index (Phi) is 4.23. The lowest BCUT2D eigenvalue weighted by Crippen LogP contribution is -2.27. The van der Waals surface area contributed by atoms with Crippen LogP contribution in [0.25, 0.3) is 0 Å². The molecule has 1 fully saturated rings. The predicted molar refractivity (Wildman–Crippen MR) is 81.7 cm³/mol. The fourth-order valence-corrected chi connectivity index (χ4v) is 2.74. The summed E-state index contributed by atoms with van der Waals surface area (Å²) in [5.74, 6) is -3.61. The number of halogens is 4. The molecule has 2 atom stereocenters. The van der Waals surface area contributed by atoms with E-state index < -0.39 is 39.7 Å². The quantitative estimate of drug-likeness (QED) is 0.564. The Morgan fingerprint density at radius 1 is 1.38 bits per heavy atom. The predicted octanol–water partition coefficient (Wildman–Crippen LogP) is 4.40. The molecular weight excluding hydrogens is 367 g/mol. The maximum absolute atomic E-state index is 13.8. The maximum Gasteiger partial charge on any atom is 0.264 e. The number of nitrogens with zero attached hydrogens (tertiary/aromatic N) is 1. The first-order chi connectivity index (χ1) is 9.49. The summed E-state index contributed by atoms with van der Waals surface area (Å²) in [5.41, 5.74) is -1.52. The average Bonchev–Trinajstić information content (AvgIpc) is 2.92. The van der Waals surface area contributed by atoms with Crippen molar-refractivity contribution in [3.05, 3.63) is 34.1 Å². The van der Waals surface area contributed by atoms with Crippen LogP contribution in [0.15, 0.2) is 27.1 Å². The first-order valence-electron chi connectivity index (χ1n) is 6.30. The molecule has 0 radical (unpaired) electrons. The summed E-state index contributed by atoms with van der Waals surface area (Å²) in [6, 6.07) is 3.88. The second-order valence-electron chi connectivity index (χ2n) is 6.08. The Bertz CT molecular complexity index is 588. The van der Waals surface area contributed by atoms with Crippen molar-refractivity contribution >= 4 is 33.5 Å². The van der Waals surface area contributed by atoms with Gasteiger partial charge in [-0.15, -0.1) is 0 Å². The highest BCUT2D eigenvalue weighted by atomic mass is 79.9. The van der Waals surface area contributed by atoms with Crippen LogP contribution in [0, 0.1) is 5.82 Å². The van der Waals surface area contributed by atoms with Crippen LogP contribution >= 0.6 is 15.9 Å². The van der Waals surface area contributed by atoms with Gasteiger partial charge in [-0.2, -0.15) is 0 Å². The van der Waals surface area contributed by atoms with Gasteiger partial charge in [0.15, 0.2) is 0 Å². The van der Waals surface area contributed by atoms with Gasteiger partial charge in [-0.05, 0) is 54.4 Å². The maximum atomic E-state index is 13.8. The van der Waals surface area contributed by atoms with Gasteiger partial charge >= 0.3 is 0 Å². The van der Waals surface area contributed by atoms with Crippen molar-refractivity contribution in [3.8, 4) is 0 Å². The molecule has 1 aliphatic rings. The standard InChI is InChI=1S/C14H15BrF3NOS/c1-12(2,3)21(20)19-8-13(7-14(13,17)18)9-4-5-10(15)11(16)6-9/h4-6,8H,7H2,1-3H3. The first kappa shape index (κ1) is 16.8. The number of rotatable bonds is 3. The summed E-state index contributed by atoms with van der Waals surface area (Å²) in [4.78, 5) is 0. The molecule has 0 bridgehead atoms. The zero-order valence-electron chi connectivity index (χ0n) is 11.8. The Labute approximate surface area is 133 Å². The molecule has 1 aromatic rings. The highest BCUT2D eigenvalue weighted by molar-refractivity contribution is 9.10. The van der Waals surface area contributed by atoms with Crippen LogP contribution in [0.5, 0.6) is 0 Å². The third-order valence-corrected chi connectivity index (χ3v) is 5.34. The summed E-state index contributed by atoms with van der Waals surface area (Å²) in [7, 11) is 0. The molecule has 2 unspecified atom stereocenters. The van der Waals surface area contributed by atoms with Crippen molar-refractivity contribution in [1.82, 2.24) is 0 Å². The van der Waals surface area contributed by atoms with Gasteiger partial charge in [0.1, 0.15) is 27.3 Å². The van der Waals surface area contributed by atoms with Crippen LogP contribution in [0.3, 0.4) is 0 Å². The second-order valence-corrected chi connectivity index (χ2v) is 8.87. The van der Waals surface area contributed by atoms with Crippen molar-refractivity contribution in [2.24, 2.45) is 4.40 Å². The zero-order chi connectivity index (χ0) is 16.1. The molecule has 21 heavy (non-hydrogen) atoms. The molecule has 2 nitrogen and oxygen atoms in total. The Hall–Kier alpha value is -0.530. The first-order valence-corrected chi connectivity index (χ1v) is 8.20. The zero-order valence-corrected chi connectivity index (χ0v) is 14.2. The molecule has 1 saturated carbocycles. The molecule has 2 rings (SSSR count). The van der Waals surface area contributed by atoms with Crippen LogP contribution in [0.1, 0.15) is 32.8 Å². The molecule has 0 aliphatic heterocycles. The van der Waals surface area contributed by atoms with E-state index in [1.807, 2.05) is 0 Å². The van der Waals surface area contributed by atoms with E-state index in [9.17, 15) is 17.7 Å². The highest BCUT2D eigenvalue weighted by Crippen LogP contribution is 2.60. The van der Waals surface area contributed by atoms with Gasteiger partial charge in [-0.1, -0.05) is 10.5 Å². The molecule has 0 saturated heterocycles. The Morgan fingerprint density at radius 3 is 2.38 bits per heavy atom. The minimum absolute atomic E-state index is 0.142. The van der Waals surface area contributed by atoms with Gasteiger partial charge in [0.2, 0.25) is 0 Å². The fraction of sp³-hybridized carbons (Fsp3) is 0.500. The van der Waals surface area contributed by atoms with Gasteiger partial charge in [0, 0.05) is 6.42 Å². The molecule has 1 aliphatic carbocycles. The third-order valence-electron chi connectivity index (χ3n) is 3.36. The van der Waals surface area contributed by atoms with E-state index in [4.69, 9.17) is 0 Å². The molecule has 7 heteroatoms. The minimum Gasteiger partial charge on any atom is -0.591 e. The molecule has 1 aromatic carbocycles. The van der Waals surface area contributed by atoms with E-state index in [1.165, 1.54) is 12.1 Å². The normalized spacial score (nSPS) is 26.1. The lowest BCUT2D eigenvalue weighted by molar-refractivity contribution is 0.103. The lowest BCUT2D eigenvalue weighted by Gasteiger charge is -2.19. The molecule has 116 valence electrons. The molecule has 0 amide bonds. The van der Waals surface area contributed by atoms with Gasteiger partial charge in [-0.25, -0.2) is 13.2 Å². The summed E-state index contributed by atoms with van der Waals surface area (Å²) in [6.07, 6.45) is 0.572. The van der Waals surface area contributed by atoms with E-state index in [0.29, 0.717) is 0 Å². The topological polar surface area (TPSA) is 35.4 Å². The highest BCUT2D eigenvalue weighted by Gasteiger charge is 2.72. The van der Waals surface area contributed by atoms with Crippen LogP contribution in [0.4, 0.5) is 13.2 Å². The summed E-state index contributed by atoms with van der Waals surface area (Å²) in [5, 5.41) is 0. The van der Waals surface area contributed by atoms with Gasteiger partial charge in [0.05, 0.1) is 10.7 Å². The van der Waals surface area contributed by atoms with Crippen LogP contribution in [-0.4, -0.2) is 21.4 Å². The SMILES string of the molecule is CC(C)(C)[S+]([O-])N=CC1(c2ccc(Br)c(F)c2)CC1(F)F. The summed E-state index contributed by atoms with van der Waals surface area (Å²) in [6.45, 7) is 5.12. The molecule has 0 spiro atoms. The molecule has 0 N–H and O–H groups in total. The number of hydrogen-bond donors (Lipinski definition) is 0. The minimum atomic E-state index is -3.00. The van der Waals surface area contributed by atoms with Crippen LogP contribution in [-0.2, 0) is 16.8 Å². The Balaban J connectivity index is 2.35. The van der Waals surface area contributed by atoms with E-state index >= 15 is 0 Å². The van der Waals surface area contributed by atoms with E-state index in [1.54, 1.807) is 20.8 Å². The molecule has 0 aromatic heterocycles. The van der Waals surface area contributed by atoms with Crippen molar-refractivity contribution < 1.29 is 17.7 Å². The van der Waals surface area contributed by atoms with Crippen molar-refractivity contribution in [1.29, 1.82) is 0 Å². The smallest absolute Gasteiger partial charge is 0.264 e. The monoisotopic (exact) mass is 381 g/mol.